The summed E-state index contributed by atoms with van der Waals surface area (Å²) >= 11 is 0. The number of esters is 1. The number of aromatic nitrogens is 2. The van der Waals surface area contributed by atoms with Crippen LogP contribution in [0.25, 0.3) is 0 Å². The number of aryl methyl sites for hydroxylation is 1. The highest BCUT2D eigenvalue weighted by Gasteiger charge is 2.09. The van der Waals surface area contributed by atoms with E-state index in [0.29, 0.717) is 13.0 Å². The fourth-order valence-corrected chi connectivity index (χ4v) is 0.968. The number of hydrogen-bond donors (Lipinski definition) is 2. The first kappa shape index (κ1) is 10.7. The van der Waals surface area contributed by atoms with Gasteiger partial charge in [-0.15, -0.1) is 0 Å². The maximum atomic E-state index is 10.8. The molecule has 0 saturated heterocycles. The largest absolute Gasteiger partial charge is 0.464 e. The molecule has 0 bridgehead atoms. The molecule has 0 fully saturated rings. The third-order valence-electron chi connectivity index (χ3n) is 1.70. The molecule has 5 nitrogen and oxygen atoms in total. The molecule has 1 atom stereocenters. The molecule has 14 heavy (non-hydrogen) atoms. The lowest BCUT2D eigenvalue weighted by atomic mass is 10.3. The number of carbonyl (C=O) groups excluding carboxylic acids is 1. The Morgan fingerprint density at radius 2 is 2.57 bits per heavy atom. The van der Waals surface area contributed by atoms with Crippen molar-refractivity contribution in [3.63, 3.8) is 0 Å². The van der Waals surface area contributed by atoms with Crippen LogP contribution in [0.1, 0.15) is 19.2 Å². The van der Waals surface area contributed by atoms with Crippen molar-refractivity contribution in [2.45, 2.75) is 25.9 Å². The number of aromatic amines is 1. The van der Waals surface area contributed by atoms with Gasteiger partial charge in [-0.3, -0.25) is 0 Å². The minimum absolute atomic E-state index is 0.310. The Morgan fingerprint density at radius 3 is 3.14 bits per heavy atom. The van der Waals surface area contributed by atoms with E-state index < -0.39 is 12.1 Å². The van der Waals surface area contributed by atoms with Crippen molar-refractivity contribution in [3.05, 3.63) is 18.2 Å². The molecule has 1 heterocycles. The van der Waals surface area contributed by atoms with E-state index in [4.69, 9.17) is 9.84 Å². The van der Waals surface area contributed by atoms with Crippen LogP contribution in [0.2, 0.25) is 0 Å². The monoisotopic (exact) mass is 198 g/mol. The molecule has 0 radical (unpaired) electrons. The zero-order chi connectivity index (χ0) is 10.4. The predicted molar refractivity (Wildman–Crippen MR) is 49.5 cm³/mol. The third kappa shape index (κ3) is 3.57. The van der Waals surface area contributed by atoms with Crippen LogP contribution in [0.15, 0.2) is 12.4 Å². The molecule has 0 spiro atoms. The topological polar surface area (TPSA) is 75.2 Å². The minimum atomic E-state index is -1.04. The molecule has 0 aromatic carbocycles. The highest BCUT2D eigenvalue weighted by molar-refractivity contribution is 5.73. The van der Waals surface area contributed by atoms with E-state index in [1.54, 1.807) is 12.4 Å². The van der Waals surface area contributed by atoms with Crippen LogP contribution >= 0.6 is 0 Å². The van der Waals surface area contributed by atoms with Crippen LogP contribution in [0.3, 0.4) is 0 Å². The summed E-state index contributed by atoms with van der Waals surface area (Å²) in [6.45, 7) is 1.69. The summed E-state index contributed by atoms with van der Waals surface area (Å²) in [5, 5.41) is 8.81. The van der Waals surface area contributed by atoms with Gasteiger partial charge in [0.2, 0.25) is 0 Å². The maximum absolute atomic E-state index is 10.8. The van der Waals surface area contributed by atoms with Crippen LogP contribution in [-0.4, -0.2) is 33.8 Å². The molecule has 0 aliphatic rings. The molecule has 2 N–H and O–H groups in total. The fraction of sp³-hybridized carbons (Fsp3) is 0.556. The molecule has 1 rings (SSSR count). The summed E-state index contributed by atoms with van der Waals surface area (Å²) in [6.07, 6.45) is 3.82. The van der Waals surface area contributed by atoms with E-state index in [9.17, 15) is 4.79 Å². The molecule has 1 aromatic rings. The number of H-pyrrole nitrogens is 1. The number of ether oxygens (including phenoxy) is 1. The first-order chi connectivity index (χ1) is 6.70. The molecule has 0 aliphatic carbocycles. The van der Waals surface area contributed by atoms with E-state index >= 15 is 0 Å². The first-order valence-electron chi connectivity index (χ1n) is 4.53. The zero-order valence-electron chi connectivity index (χ0n) is 8.06. The SMILES string of the molecule is C[C@H](O)C(=O)OCCCc1ncc[nH]1. The van der Waals surface area contributed by atoms with Crippen LogP contribution in [0.4, 0.5) is 0 Å². The number of nitrogens with one attached hydrogen (secondary N) is 1. The normalized spacial score (nSPS) is 12.4. The van der Waals surface area contributed by atoms with Gasteiger partial charge in [-0.05, 0) is 13.3 Å². The van der Waals surface area contributed by atoms with Gasteiger partial charge in [0.1, 0.15) is 11.9 Å². The lowest BCUT2D eigenvalue weighted by Crippen LogP contribution is -2.19. The van der Waals surface area contributed by atoms with Gasteiger partial charge in [0, 0.05) is 18.8 Å². The molecular formula is C9H14N2O3. The second-order valence-electron chi connectivity index (χ2n) is 2.98. The Balaban J connectivity index is 2.08. The Morgan fingerprint density at radius 1 is 1.79 bits per heavy atom. The Hall–Kier alpha value is -1.36. The summed E-state index contributed by atoms with van der Waals surface area (Å²) in [5.74, 6) is 0.294. The quantitative estimate of drug-likeness (QED) is 0.526. The van der Waals surface area contributed by atoms with E-state index in [0.717, 1.165) is 12.2 Å². The number of aliphatic hydroxyl groups is 1. The van der Waals surface area contributed by atoms with E-state index in [2.05, 4.69) is 9.97 Å². The summed E-state index contributed by atoms with van der Waals surface area (Å²) in [6, 6.07) is 0. The lowest BCUT2D eigenvalue weighted by molar-refractivity contribution is -0.152. The lowest BCUT2D eigenvalue weighted by Gasteiger charge is -2.05. The van der Waals surface area contributed by atoms with Crippen molar-refractivity contribution in [1.29, 1.82) is 0 Å². The van der Waals surface area contributed by atoms with Crippen molar-refractivity contribution in [2.75, 3.05) is 6.61 Å². The Bertz CT molecular complexity index is 270. The molecule has 0 aliphatic heterocycles. The van der Waals surface area contributed by atoms with Gasteiger partial charge in [0.25, 0.3) is 0 Å². The number of nitrogens with zero attached hydrogens (tertiary/aromatic N) is 1. The summed E-state index contributed by atoms with van der Waals surface area (Å²) in [7, 11) is 0. The van der Waals surface area contributed by atoms with Gasteiger partial charge >= 0.3 is 5.97 Å². The van der Waals surface area contributed by atoms with Gasteiger partial charge < -0.3 is 14.8 Å². The predicted octanol–water partition coefficient (Wildman–Crippen LogP) is 0.266. The molecule has 0 amide bonds. The van der Waals surface area contributed by atoms with Crippen LogP contribution in [0.5, 0.6) is 0 Å². The molecular weight excluding hydrogens is 184 g/mol. The van der Waals surface area contributed by atoms with Gasteiger partial charge in [0.15, 0.2) is 0 Å². The van der Waals surface area contributed by atoms with E-state index in [1.165, 1.54) is 6.92 Å². The van der Waals surface area contributed by atoms with Gasteiger partial charge in [-0.2, -0.15) is 0 Å². The van der Waals surface area contributed by atoms with Crippen molar-refractivity contribution in [2.24, 2.45) is 0 Å². The number of aliphatic hydroxyl groups excluding tert-OH is 1. The van der Waals surface area contributed by atoms with Gasteiger partial charge in [-0.1, -0.05) is 0 Å². The third-order valence-corrected chi connectivity index (χ3v) is 1.70. The van der Waals surface area contributed by atoms with E-state index in [1.807, 2.05) is 0 Å². The zero-order valence-corrected chi connectivity index (χ0v) is 8.06. The van der Waals surface area contributed by atoms with Crippen molar-refractivity contribution in [1.82, 2.24) is 9.97 Å². The standard InChI is InChI=1S/C9H14N2O3/c1-7(12)9(13)14-6-2-3-8-10-4-5-11-8/h4-5,7,12H,2-3,6H2,1H3,(H,10,11)/t7-/m0/s1. The number of rotatable bonds is 5. The second-order valence-corrected chi connectivity index (χ2v) is 2.98. The van der Waals surface area contributed by atoms with Crippen molar-refractivity contribution in [3.8, 4) is 0 Å². The van der Waals surface area contributed by atoms with Crippen molar-refractivity contribution >= 4 is 5.97 Å². The average Bonchev–Trinajstić information content (AvgIpc) is 2.64. The van der Waals surface area contributed by atoms with Crippen LogP contribution in [-0.2, 0) is 16.0 Å². The van der Waals surface area contributed by atoms with Gasteiger partial charge in [0.05, 0.1) is 6.61 Å². The summed E-state index contributed by atoms with van der Waals surface area (Å²) in [4.78, 5) is 17.8. The first-order valence-corrected chi connectivity index (χ1v) is 4.53. The van der Waals surface area contributed by atoms with Crippen LogP contribution in [0, 0.1) is 0 Å². The molecule has 1 aromatic heterocycles. The summed E-state index contributed by atoms with van der Waals surface area (Å²) in [5.41, 5.74) is 0. The highest BCUT2D eigenvalue weighted by Crippen LogP contribution is 1.96. The average molecular weight is 198 g/mol. The molecule has 5 heteroatoms. The Kier molecular flexibility index (Phi) is 4.12. The maximum Gasteiger partial charge on any atom is 0.334 e. The number of imidazole rings is 1. The minimum Gasteiger partial charge on any atom is -0.464 e. The van der Waals surface area contributed by atoms with E-state index in [-0.39, 0.29) is 0 Å². The molecule has 78 valence electrons. The highest BCUT2D eigenvalue weighted by atomic mass is 16.5. The second kappa shape index (κ2) is 5.39. The summed E-state index contributed by atoms with van der Waals surface area (Å²) < 4.78 is 4.77. The Labute approximate surface area is 82.1 Å². The van der Waals surface area contributed by atoms with Crippen molar-refractivity contribution < 1.29 is 14.6 Å². The molecule has 0 unspecified atom stereocenters. The smallest absolute Gasteiger partial charge is 0.334 e. The molecule has 0 saturated carbocycles. The number of hydrogen-bond acceptors (Lipinski definition) is 4. The fourth-order valence-electron chi connectivity index (χ4n) is 0.968. The van der Waals surface area contributed by atoms with Gasteiger partial charge in [-0.25, -0.2) is 9.78 Å². The number of carbonyl (C=O) groups is 1. The van der Waals surface area contributed by atoms with Crippen LogP contribution < -0.4 is 0 Å².